The van der Waals surface area contributed by atoms with Crippen LogP contribution in [0.5, 0.6) is 0 Å². The molecule has 0 unspecified atom stereocenters. The topological polar surface area (TPSA) is 29.3 Å². The molecule has 0 bridgehead atoms. The Morgan fingerprint density at radius 1 is 1.32 bits per heavy atom. The molecule has 19 heavy (non-hydrogen) atoms. The van der Waals surface area contributed by atoms with Crippen LogP contribution in [0, 0.1) is 17.8 Å². The average molecular weight is 278 g/mol. The van der Waals surface area contributed by atoms with Crippen molar-refractivity contribution in [2.24, 2.45) is 11.7 Å². The van der Waals surface area contributed by atoms with E-state index in [-0.39, 0.29) is 0 Å². The van der Waals surface area contributed by atoms with E-state index in [0.717, 1.165) is 24.6 Å². The van der Waals surface area contributed by atoms with Gasteiger partial charge in [0.2, 0.25) is 0 Å². The van der Waals surface area contributed by atoms with E-state index < -0.39 is 0 Å². The number of rotatable bonds is 7. The van der Waals surface area contributed by atoms with Gasteiger partial charge < -0.3 is 5.73 Å². The second kappa shape index (κ2) is 9.14. The Morgan fingerprint density at radius 3 is 2.63 bits per heavy atom. The first kappa shape index (κ1) is 16.2. The van der Waals surface area contributed by atoms with Gasteiger partial charge in [-0.3, -0.25) is 4.90 Å². The van der Waals surface area contributed by atoms with Crippen LogP contribution in [0.4, 0.5) is 0 Å². The molecule has 1 aromatic heterocycles. The van der Waals surface area contributed by atoms with Crippen molar-refractivity contribution >= 4 is 11.3 Å². The first-order chi connectivity index (χ1) is 9.23. The zero-order valence-electron chi connectivity index (χ0n) is 12.4. The Kier molecular flexibility index (Phi) is 7.81. The van der Waals surface area contributed by atoms with Crippen molar-refractivity contribution in [1.82, 2.24) is 4.90 Å². The van der Waals surface area contributed by atoms with Crippen LogP contribution in [0.2, 0.25) is 0 Å². The summed E-state index contributed by atoms with van der Waals surface area (Å²) in [7, 11) is 0. The van der Waals surface area contributed by atoms with Crippen molar-refractivity contribution in [3.05, 3.63) is 21.9 Å². The Balaban J connectivity index is 2.57. The van der Waals surface area contributed by atoms with E-state index in [1.807, 2.05) is 0 Å². The van der Waals surface area contributed by atoms with E-state index in [0.29, 0.717) is 6.54 Å². The number of nitrogens with zero attached hydrogens (tertiary/aromatic N) is 1. The minimum atomic E-state index is 0.431. The molecule has 0 fully saturated rings. The van der Waals surface area contributed by atoms with Crippen LogP contribution in [0.3, 0.4) is 0 Å². The third kappa shape index (κ3) is 5.78. The van der Waals surface area contributed by atoms with E-state index in [2.05, 4.69) is 49.0 Å². The molecule has 0 radical (unpaired) electrons. The molecule has 0 aliphatic heterocycles. The van der Waals surface area contributed by atoms with E-state index >= 15 is 0 Å². The first-order valence-corrected chi connectivity index (χ1v) is 8.10. The van der Waals surface area contributed by atoms with Crippen LogP contribution >= 0.6 is 11.3 Å². The van der Waals surface area contributed by atoms with Crippen LogP contribution in [-0.4, -0.2) is 24.5 Å². The summed E-state index contributed by atoms with van der Waals surface area (Å²) in [5.74, 6) is 6.82. The molecule has 0 aliphatic rings. The zero-order chi connectivity index (χ0) is 14.1. The fraction of sp³-hybridized carbons (Fsp3) is 0.625. The van der Waals surface area contributed by atoms with Crippen molar-refractivity contribution in [2.45, 2.75) is 40.2 Å². The molecule has 0 amide bonds. The number of nitrogens with two attached hydrogens (primary N) is 1. The summed E-state index contributed by atoms with van der Waals surface area (Å²) in [5, 5.41) is 2.13. The number of hydrogen-bond donors (Lipinski definition) is 1. The van der Waals surface area contributed by atoms with Crippen LogP contribution in [0.15, 0.2) is 11.4 Å². The van der Waals surface area contributed by atoms with Crippen LogP contribution < -0.4 is 5.73 Å². The summed E-state index contributed by atoms with van der Waals surface area (Å²) in [6.45, 7) is 10.6. The molecule has 3 heteroatoms. The molecule has 0 atom stereocenters. The Labute approximate surface area is 122 Å². The highest BCUT2D eigenvalue weighted by Crippen LogP contribution is 2.18. The first-order valence-electron chi connectivity index (χ1n) is 7.22. The summed E-state index contributed by atoms with van der Waals surface area (Å²) in [4.78, 5) is 3.93. The summed E-state index contributed by atoms with van der Waals surface area (Å²) in [6, 6.07) is 2.20. The van der Waals surface area contributed by atoms with Crippen molar-refractivity contribution in [1.29, 1.82) is 0 Å². The van der Waals surface area contributed by atoms with E-state index in [9.17, 15) is 0 Å². The maximum absolute atomic E-state index is 5.39. The highest BCUT2D eigenvalue weighted by molar-refractivity contribution is 7.10. The van der Waals surface area contributed by atoms with Gasteiger partial charge in [-0.2, -0.15) is 0 Å². The molecule has 2 nitrogen and oxygen atoms in total. The molecular formula is C16H26N2S. The molecule has 0 saturated carbocycles. The van der Waals surface area contributed by atoms with Gasteiger partial charge in [0, 0.05) is 28.9 Å². The fourth-order valence-corrected chi connectivity index (χ4v) is 2.98. The van der Waals surface area contributed by atoms with E-state index in [1.165, 1.54) is 24.3 Å². The lowest BCUT2D eigenvalue weighted by molar-refractivity contribution is 0.228. The lowest BCUT2D eigenvalue weighted by Crippen LogP contribution is -2.28. The molecule has 1 aromatic rings. The van der Waals surface area contributed by atoms with Gasteiger partial charge in [0.15, 0.2) is 0 Å². The Morgan fingerprint density at radius 2 is 2.05 bits per heavy atom. The van der Waals surface area contributed by atoms with E-state index in [1.54, 1.807) is 11.3 Å². The summed E-state index contributed by atoms with van der Waals surface area (Å²) in [5.41, 5.74) is 6.49. The standard InChI is InChI=1S/C16H26N2S/c1-4-14(5-2)11-18(6-3)12-16-10-15(13-19-16)8-7-9-17/h10,13-14H,4-6,9,11-12,17H2,1-3H3. The molecule has 2 N–H and O–H groups in total. The van der Waals surface area contributed by atoms with Gasteiger partial charge in [0.1, 0.15) is 0 Å². The third-order valence-electron chi connectivity index (χ3n) is 3.49. The monoisotopic (exact) mass is 278 g/mol. The summed E-state index contributed by atoms with van der Waals surface area (Å²) >= 11 is 1.80. The molecular weight excluding hydrogens is 252 g/mol. The number of thiophene rings is 1. The summed E-state index contributed by atoms with van der Waals surface area (Å²) in [6.07, 6.45) is 2.54. The highest BCUT2D eigenvalue weighted by Gasteiger charge is 2.11. The lowest BCUT2D eigenvalue weighted by atomic mass is 10.0. The predicted molar refractivity (Wildman–Crippen MR) is 85.3 cm³/mol. The maximum atomic E-state index is 5.39. The second-order valence-electron chi connectivity index (χ2n) is 4.82. The minimum absolute atomic E-state index is 0.431. The largest absolute Gasteiger partial charge is 0.320 e. The Bertz CT molecular complexity index is 410. The van der Waals surface area contributed by atoms with Crippen molar-refractivity contribution < 1.29 is 0 Å². The maximum Gasteiger partial charge on any atom is 0.0555 e. The van der Waals surface area contributed by atoms with Gasteiger partial charge >= 0.3 is 0 Å². The molecule has 0 spiro atoms. The zero-order valence-corrected chi connectivity index (χ0v) is 13.2. The van der Waals surface area contributed by atoms with E-state index in [4.69, 9.17) is 5.73 Å². The molecule has 106 valence electrons. The van der Waals surface area contributed by atoms with Gasteiger partial charge in [-0.15, -0.1) is 11.3 Å². The summed E-state index contributed by atoms with van der Waals surface area (Å²) < 4.78 is 0. The van der Waals surface area contributed by atoms with Crippen LogP contribution in [0.1, 0.15) is 44.1 Å². The lowest BCUT2D eigenvalue weighted by Gasteiger charge is -2.24. The average Bonchev–Trinajstić information content (AvgIpc) is 2.88. The molecule has 0 aromatic carbocycles. The van der Waals surface area contributed by atoms with Crippen molar-refractivity contribution in [3.63, 3.8) is 0 Å². The van der Waals surface area contributed by atoms with Gasteiger partial charge in [0.05, 0.1) is 6.54 Å². The molecule has 1 heterocycles. The quantitative estimate of drug-likeness (QED) is 0.775. The molecule has 0 saturated heterocycles. The third-order valence-corrected chi connectivity index (χ3v) is 4.41. The van der Waals surface area contributed by atoms with Crippen molar-refractivity contribution in [3.8, 4) is 11.8 Å². The fourth-order valence-electron chi connectivity index (χ4n) is 2.12. The van der Waals surface area contributed by atoms with Gasteiger partial charge in [0.25, 0.3) is 0 Å². The second-order valence-corrected chi connectivity index (χ2v) is 5.81. The van der Waals surface area contributed by atoms with Crippen molar-refractivity contribution in [2.75, 3.05) is 19.6 Å². The number of hydrogen-bond acceptors (Lipinski definition) is 3. The smallest absolute Gasteiger partial charge is 0.0555 e. The van der Waals surface area contributed by atoms with Crippen LogP contribution in [-0.2, 0) is 6.54 Å². The minimum Gasteiger partial charge on any atom is -0.320 e. The van der Waals surface area contributed by atoms with Gasteiger partial charge in [-0.1, -0.05) is 45.5 Å². The predicted octanol–water partition coefficient (Wildman–Crippen LogP) is 3.32. The van der Waals surface area contributed by atoms with Gasteiger partial charge in [-0.05, 0) is 18.5 Å². The van der Waals surface area contributed by atoms with Crippen LogP contribution in [0.25, 0.3) is 0 Å². The molecule has 0 aliphatic carbocycles. The highest BCUT2D eigenvalue weighted by atomic mass is 32.1. The normalized spacial score (nSPS) is 10.8. The Hall–Kier alpha value is -0.820. The SMILES string of the molecule is CCC(CC)CN(CC)Cc1cc(C#CCN)cs1. The molecule has 1 rings (SSSR count). The van der Waals surface area contributed by atoms with Gasteiger partial charge in [-0.25, -0.2) is 0 Å².